The molecule has 0 aromatic heterocycles. The summed E-state index contributed by atoms with van der Waals surface area (Å²) >= 11 is 0.592. The molecular weight excluding hydrogens is 328 g/mol. The molecule has 3 aliphatic rings. The Hall–Kier alpha value is -0.790. The van der Waals surface area contributed by atoms with Crippen molar-refractivity contribution in [2.75, 3.05) is 0 Å². The highest BCUT2D eigenvalue weighted by Gasteiger charge is 2.54. The summed E-state index contributed by atoms with van der Waals surface area (Å²) in [4.78, 5) is 0. The molecule has 2 fully saturated rings. The molecule has 3 aliphatic carbocycles. The van der Waals surface area contributed by atoms with Gasteiger partial charge in [0.1, 0.15) is 5.75 Å². The van der Waals surface area contributed by atoms with Crippen LogP contribution < -0.4 is 4.18 Å². The SMILES string of the molecule is C[C@]12CCC3c4ccc(OSOOO)cc4CCC3C1CCC2O. The normalized spacial score (nSPS) is 37.5. The van der Waals surface area contributed by atoms with Crippen LogP contribution in [0.15, 0.2) is 18.2 Å². The molecule has 0 spiro atoms. The molecule has 5 nitrogen and oxygen atoms in total. The van der Waals surface area contributed by atoms with Gasteiger partial charge in [0.25, 0.3) is 12.3 Å². The van der Waals surface area contributed by atoms with E-state index in [1.54, 1.807) is 0 Å². The van der Waals surface area contributed by atoms with Crippen molar-refractivity contribution >= 4 is 12.3 Å². The number of benzene rings is 1. The van der Waals surface area contributed by atoms with Crippen molar-refractivity contribution in [3.63, 3.8) is 0 Å². The van der Waals surface area contributed by atoms with Crippen molar-refractivity contribution in [2.24, 2.45) is 17.3 Å². The number of rotatable bonds is 4. The van der Waals surface area contributed by atoms with Crippen molar-refractivity contribution in [2.45, 2.75) is 57.5 Å². The van der Waals surface area contributed by atoms with Crippen molar-refractivity contribution in [3.8, 4) is 5.75 Å². The predicted molar refractivity (Wildman–Crippen MR) is 90.1 cm³/mol. The number of hydrogen-bond donors (Lipinski definition) is 2. The average molecular weight is 352 g/mol. The van der Waals surface area contributed by atoms with Crippen molar-refractivity contribution in [1.29, 1.82) is 0 Å². The molecule has 5 atom stereocenters. The van der Waals surface area contributed by atoms with Crippen molar-refractivity contribution in [1.82, 2.24) is 0 Å². The number of aliphatic hydroxyl groups excluding tert-OH is 1. The third-order valence-electron chi connectivity index (χ3n) is 6.84. The maximum absolute atomic E-state index is 10.4. The van der Waals surface area contributed by atoms with Gasteiger partial charge in [0.05, 0.1) is 6.10 Å². The van der Waals surface area contributed by atoms with Gasteiger partial charge in [-0.15, -0.1) is 0 Å². The number of aliphatic hydroxyl groups is 1. The summed E-state index contributed by atoms with van der Waals surface area (Å²) in [6, 6.07) is 6.19. The first kappa shape index (κ1) is 16.7. The number of fused-ring (bicyclic) bond motifs is 5. The van der Waals surface area contributed by atoms with E-state index in [1.165, 1.54) is 24.0 Å². The zero-order valence-electron chi connectivity index (χ0n) is 13.8. The largest absolute Gasteiger partial charge is 0.399 e. The second-order valence-electron chi connectivity index (χ2n) is 7.71. The molecule has 132 valence electrons. The zero-order chi connectivity index (χ0) is 16.7. The van der Waals surface area contributed by atoms with Crippen LogP contribution in [-0.4, -0.2) is 16.5 Å². The highest BCUT2D eigenvalue weighted by Crippen LogP contribution is 2.60. The molecule has 2 saturated carbocycles. The minimum atomic E-state index is -0.119. The zero-order valence-corrected chi connectivity index (χ0v) is 14.6. The van der Waals surface area contributed by atoms with Gasteiger partial charge in [0.15, 0.2) is 0 Å². The second kappa shape index (κ2) is 6.50. The maximum atomic E-state index is 10.4. The Morgan fingerprint density at radius 2 is 2.08 bits per heavy atom. The van der Waals surface area contributed by atoms with E-state index in [9.17, 15) is 5.11 Å². The smallest absolute Gasteiger partial charge is 0.261 e. The highest BCUT2D eigenvalue weighted by atomic mass is 32.2. The Morgan fingerprint density at radius 1 is 1.21 bits per heavy atom. The fourth-order valence-corrected chi connectivity index (χ4v) is 5.88. The molecule has 0 aliphatic heterocycles. The first-order chi connectivity index (χ1) is 11.6. The third-order valence-corrected chi connectivity index (χ3v) is 7.21. The Bertz CT molecular complexity index is 609. The molecule has 24 heavy (non-hydrogen) atoms. The number of aryl methyl sites for hydroxylation is 1. The van der Waals surface area contributed by atoms with Gasteiger partial charge in [0.2, 0.25) is 0 Å². The van der Waals surface area contributed by atoms with Gasteiger partial charge in [-0.1, -0.05) is 22.4 Å². The lowest BCUT2D eigenvalue weighted by Crippen LogP contribution is -2.43. The van der Waals surface area contributed by atoms with Gasteiger partial charge >= 0.3 is 0 Å². The minimum absolute atomic E-state index is 0.119. The lowest BCUT2D eigenvalue weighted by atomic mass is 9.55. The first-order valence-electron chi connectivity index (χ1n) is 8.76. The highest BCUT2D eigenvalue weighted by molar-refractivity contribution is 7.90. The second-order valence-corrected chi connectivity index (χ2v) is 8.15. The minimum Gasteiger partial charge on any atom is -0.399 e. The number of hydrogen-bond acceptors (Lipinski definition) is 6. The van der Waals surface area contributed by atoms with E-state index in [0.717, 1.165) is 25.7 Å². The van der Waals surface area contributed by atoms with Crippen LogP contribution in [0, 0.1) is 17.3 Å². The molecule has 6 heteroatoms. The predicted octanol–water partition coefficient (Wildman–Crippen LogP) is 4.27. The van der Waals surface area contributed by atoms with Crippen LogP contribution in [0.4, 0.5) is 0 Å². The van der Waals surface area contributed by atoms with Crippen LogP contribution in [0.2, 0.25) is 0 Å². The van der Waals surface area contributed by atoms with Crippen LogP contribution in [0.3, 0.4) is 0 Å². The van der Waals surface area contributed by atoms with Crippen LogP contribution in [0.1, 0.15) is 56.1 Å². The van der Waals surface area contributed by atoms with E-state index >= 15 is 0 Å². The molecule has 0 amide bonds. The van der Waals surface area contributed by atoms with E-state index in [1.807, 2.05) is 6.07 Å². The maximum Gasteiger partial charge on any atom is 0.261 e. The topological polar surface area (TPSA) is 68.2 Å². The van der Waals surface area contributed by atoms with E-state index < -0.39 is 0 Å². The van der Waals surface area contributed by atoms with Gasteiger partial charge in [0, 0.05) is 0 Å². The molecule has 2 N–H and O–H groups in total. The third kappa shape index (κ3) is 2.65. The van der Waals surface area contributed by atoms with Crippen molar-refractivity contribution < 1.29 is 23.9 Å². The molecule has 4 unspecified atom stereocenters. The summed E-state index contributed by atoms with van der Waals surface area (Å²) in [6.07, 6.45) is 6.55. The van der Waals surface area contributed by atoms with E-state index in [0.29, 0.717) is 35.8 Å². The molecule has 1 aromatic rings. The molecule has 4 rings (SSSR count). The van der Waals surface area contributed by atoms with Gasteiger partial charge in [-0.05, 0) is 85.0 Å². The standard InChI is InChI=1S/C18H24O5S/c1-18-9-8-14-13-5-3-12(21-24-23-22-20)10-11(13)2-4-15(14)16(18)6-7-17(18)19/h3,5,10,14-17,19-20H,2,4,6-9H2,1H3/t14?,15?,16?,17?,18-/m0/s1. The van der Waals surface area contributed by atoms with E-state index in [4.69, 9.17) is 9.44 Å². The fourth-order valence-electron chi connectivity index (χ4n) is 5.65. The van der Waals surface area contributed by atoms with Gasteiger partial charge in [-0.3, -0.25) is 0 Å². The molecule has 0 radical (unpaired) electrons. The Balaban J connectivity index is 1.55. The summed E-state index contributed by atoms with van der Waals surface area (Å²) in [5.74, 6) is 2.66. The van der Waals surface area contributed by atoms with Crippen LogP contribution in [-0.2, 0) is 15.8 Å². The monoisotopic (exact) mass is 352 g/mol. The quantitative estimate of drug-likeness (QED) is 0.365. The van der Waals surface area contributed by atoms with Crippen LogP contribution >= 0.6 is 12.3 Å². The summed E-state index contributed by atoms with van der Waals surface area (Å²) in [6.45, 7) is 2.30. The first-order valence-corrected chi connectivity index (χ1v) is 9.42. The Morgan fingerprint density at radius 3 is 2.92 bits per heavy atom. The summed E-state index contributed by atoms with van der Waals surface area (Å²) in [7, 11) is 0. The summed E-state index contributed by atoms with van der Waals surface area (Å²) in [5.41, 5.74) is 2.92. The van der Waals surface area contributed by atoms with Crippen molar-refractivity contribution in [3.05, 3.63) is 29.3 Å². The van der Waals surface area contributed by atoms with Gasteiger partial charge in [-0.25, -0.2) is 5.26 Å². The van der Waals surface area contributed by atoms with Crippen LogP contribution in [0.5, 0.6) is 5.75 Å². The fraction of sp³-hybridized carbons (Fsp3) is 0.667. The molecule has 0 bridgehead atoms. The molecule has 0 heterocycles. The summed E-state index contributed by atoms with van der Waals surface area (Å²) in [5, 5.41) is 22.1. The van der Waals surface area contributed by atoms with Crippen LogP contribution in [0.25, 0.3) is 0 Å². The lowest BCUT2D eigenvalue weighted by Gasteiger charge is -2.50. The Labute approximate surface area is 146 Å². The summed E-state index contributed by atoms with van der Waals surface area (Å²) < 4.78 is 9.59. The molecule has 0 saturated heterocycles. The van der Waals surface area contributed by atoms with E-state index in [2.05, 4.69) is 28.4 Å². The molecular formula is C18H24O5S. The Kier molecular flexibility index (Phi) is 4.51. The van der Waals surface area contributed by atoms with Gasteiger partial charge < -0.3 is 9.29 Å². The average Bonchev–Trinajstić information content (AvgIpc) is 2.90. The lowest BCUT2D eigenvalue weighted by molar-refractivity contribution is -0.433. The van der Waals surface area contributed by atoms with Gasteiger partial charge in [-0.2, -0.15) is 0 Å². The molecule has 1 aromatic carbocycles. The van der Waals surface area contributed by atoms with E-state index in [-0.39, 0.29) is 11.5 Å².